The monoisotopic (exact) mass is 275 g/mol. The lowest BCUT2D eigenvalue weighted by Crippen LogP contribution is -2.19. The molecule has 0 saturated carbocycles. The summed E-state index contributed by atoms with van der Waals surface area (Å²) in [6, 6.07) is 8.10. The van der Waals surface area contributed by atoms with Gasteiger partial charge in [0.15, 0.2) is 0 Å². The standard InChI is InChI=1S/C10H14BrNOS/c1-14(13)7-6-12-8-9-4-2-3-5-10(9)11/h2-5,12H,6-8H2,1H3. The van der Waals surface area contributed by atoms with Gasteiger partial charge in [0.25, 0.3) is 0 Å². The van der Waals surface area contributed by atoms with E-state index in [1.54, 1.807) is 6.26 Å². The Balaban J connectivity index is 2.31. The third-order valence-electron chi connectivity index (χ3n) is 1.84. The van der Waals surface area contributed by atoms with Gasteiger partial charge < -0.3 is 5.32 Å². The van der Waals surface area contributed by atoms with Crippen molar-refractivity contribution in [3.05, 3.63) is 34.3 Å². The van der Waals surface area contributed by atoms with Crippen LogP contribution < -0.4 is 5.32 Å². The minimum absolute atomic E-state index is 0.703. The van der Waals surface area contributed by atoms with Crippen LogP contribution in [0.15, 0.2) is 28.7 Å². The van der Waals surface area contributed by atoms with Crippen LogP contribution in [0, 0.1) is 0 Å². The Morgan fingerprint density at radius 2 is 2.14 bits per heavy atom. The van der Waals surface area contributed by atoms with Crippen LogP contribution in [0.1, 0.15) is 5.56 Å². The Morgan fingerprint density at radius 3 is 2.79 bits per heavy atom. The van der Waals surface area contributed by atoms with Gasteiger partial charge in [0, 0.05) is 40.4 Å². The van der Waals surface area contributed by atoms with Crippen molar-refractivity contribution in [2.45, 2.75) is 6.54 Å². The summed E-state index contributed by atoms with van der Waals surface area (Å²) in [5.41, 5.74) is 1.23. The highest BCUT2D eigenvalue weighted by atomic mass is 79.9. The molecule has 0 saturated heterocycles. The van der Waals surface area contributed by atoms with Gasteiger partial charge in [-0.25, -0.2) is 0 Å². The van der Waals surface area contributed by atoms with Gasteiger partial charge in [-0.3, -0.25) is 4.21 Å². The van der Waals surface area contributed by atoms with Gasteiger partial charge in [-0.1, -0.05) is 34.1 Å². The summed E-state index contributed by atoms with van der Waals surface area (Å²) in [6.07, 6.45) is 1.72. The molecule has 0 aromatic heterocycles. The van der Waals surface area contributed by atoms with Gasteiger partial charge in [0.05, 0.1) is 0 Å². The Kier molecular flexibility index (Phi) is 5.37. The van der Waals surface area contributed by atoms with Crippen molar-refractivity contribution in [1.82, 2.24) is 5.32 Å². The fourth-order valence-electron chi connectivity index (χ4n) is 1.08. The van der Waals surface area contributed by atoms with E-state index in [1.807, 2.05) is 18.2 Å². The maximum Gasteiger partial charge on any atom is 0.0357 e. The van der Waals surface area contributed by atoms with Crippen molar-refractivity contribution < 1.29 is 4.21 Å². The molecule has 0 aliphatic heterocycles. The van der Waals surface area contributed by atoms with Crippen LogP contribution >= 0.6 is 15.9 Å². The summed E-state index contributed by atoms with van der Waals surface area (Å²) < 4.78 is 11.9. The smallest absolute Gasteiger partial charge is 0.0357 e. The number of halogens is 1. The zero-order chi connectivity index (χ0) is 10.4. The Morgan fingerprint density at radius 1 is 1.43 bits per heavy atom. The van der Waals surface area contributed by atoms with E-state index >= 15 is 0 Å². The molecule has 1 N–H and O–H groups in total. The van der Waals surface area contributed by atoms with Gasteiger partial charge in [-0.05, 0) is 11.6 Å². The number of nitrogens with one attached hydrogen (secondary N) is 1. The lowest BCUT2D eigenvalue weighted by atomic mass is 10.2. The largest absolute Gasteiger partial charge is 0.312 e. The molecular formula is C10H14BrNOS. The van der Waals surface area contributed by atoms with Gasteiger partial charge in [0.2, 0.25) is 0 Å². The lowest BCUT2D eigenvalue weighted by molar-refractivity contribution is 0.676. The molecule has 0 bridgehead atoms. The topological polar surface area (TPSA) is 29.1 Å². The molecular weight excluding hydrogens is 262 g/mol. The van der Waals surface area contributed by atoms with Gasteiger partial charge in [0.1, 0.15) is 0 Å². The van der Waals surface area contributed by atoms with Gasteiger partial charge in [-0.15, -0.1) is 0 Å². The van der Waals surface area contributed by atoms with Crippen molar-refractivity contribution in [3.8, 4) is 0 Å². The number of hydrogen-bond donors (Lipinski definition) is 1. The van der Waals surface area contributed by atoms with E-state index in [0.717, 1.165) is 17.6 Å². The van der Waals surface area contributed by atoms with E-state index in [9.17, 15) is 4.21 Å². The Hall–Kier alpha value is -0.190. The maximum atomic E-state index is 10.8. The average Bonchev–Trinajstić information content (AvgIpc) is 2.15. The second-order valence-electron chi connectivity index (χ2n) is 3.05. The zero-order valence-corrected chi connectivity index (χ0v) is 10.5. The summed E-state index contributed by atoms with van der Waals surface area (Å²) in [5, 5.41) is 3.25. The predicted molar refractivity (Wildman–Crippen MR) is 64.8 cm³/mol. The highest BCUT2D eigenvalue weighted by Gasteiger charge is 1.97. The van der Waals surface area contributed by atoms with E-state index in [1.165, 1.54) is 5.56 Å². The van der Waals surface area contributed by atoms with Crippen LogP contribution in [-0.4, -0.2) is 22.8 Å². The summed E-state index contributed by atoms with van der Waals surface area (Å²) >= 11 is 3.48. The quantitative estimate of drug-likeness (QED) is 0.832. The summed E-state index contributed by atoms with van der Waals surface area (Å²) in [6.45, 7) is 1.61. The molecule has 0 aliphatic rings. The summed E-state index contributed by atoms with van der Waals surface area (Å²) in [7, 11) is -0.703. The highest BCUT2D eigenvalue weighted by Crippen LogP contribution is 2.14. The van der Waals surface area contributed by atoms with Crippen molar-refractivity contribution in [3.63, 3.8) is 0 Å². The fraction of sp³-hybridized carbons (Fsp3) is 0.400. The van der Waals surface area contributed by atoms with E-state index in [2.05, 4.69) is 27.3 Å². The second kappa shape index (κ2) is 6.32. The SMILES string of the molecule is CS(=O)CCNCc1ccccc1Br. The summed E-state index contributed by atoms with van der Waals surface area (Å²) in [4.78, 5) is 0. The minimum atomic E-state index is -0.703. The molecule has 0 aliphatic carbocycles. The van der Waals surface area contributed by atoms with Crippen LogP contribution in [0.2, 0.25) is 0 Å². The molecule has 1 atom stereocenters. The Bertz CT molecular complexity index is 317. The zero-order valence-electron chi connectivity index (χ0n) is 8.13. The minimum Gasteiger partial charge on any atom is -0.312 e. The first-order valence-corrected chi connectivity index (χ1v) is 6.96. The Labute approximate surface area is 95.7 Å². The lowest BCUT2D eigenvalue weighted by Gasteiger charge is -2.05. The molecule has 0 radical (unpaired) electrons. The maximum absolute atomic E-state index is 10.8. The van der Waals surface area contributed by atoms with Crippen LogP contribution in [0.3, 0.4) is 0 Å². The molecule has 0 fully saturated rings. The van der Waals surface area contributed by atoms with Crippen molar-refractivity contribution in [1.29, 1.82) is 0 Å². The van der Waals surface area contributed by atoms with Crippen molar-refractivity contribution in [2.24, 2.45) is 0 Å². The first-order chi connectivity index (χ1) is 6.70. The molecule has 0 amide bonds. The number of rotatable bonds is 5. The van der Waals surface area contributed by atoms with Crippen LogP contribution in [0.25, 0.3) is 0 Å². The van der Waals surface area contributed by atoms with E-state index in [4.69, 9.17) is 0 Å². The molecule has 4 heteroatoms. The number of hydrogen-bond acceptors (Lipinski definition) is 2. The molecule has 14 heavy (non-hydrogen) atoms. The van der Waals surface area contributed by atoms with Crippen LogP contribution in [-0.2, 0) is 17.3 Å². The molecule has 1 unspecified atom stereocenters. The average molecular weight is 276 g/mol. The first kappa shape index (κ1) is 11.9. The molecule has 1 aromatic rings. The van der Waals surface area contributed by atoms with Crippen molar-refractivity contribution in [2.75, 3.05) is 18.6 Å². The second-order valence-corrected chi connectivity index (χ2v) is 5.45. The van der Waals surface area contributed by atoms with Gasteiger partial charge in [-0.2, -0.15) is 0 Å². The summed E-state index contributed by atoms with van der Waals surface area (Å²) in [5.74, 6) is 0.713. The number of benzene rings is 1. The molecule has 0 spiro atoms. The predicted octanol–water partition coefficient (Wildman–Crippen LogP) is 1.92. The molecule has 1 aromatic carbocycles. The van der Waals surface area contributed by atoms with Gasteiger partial charge >= 0.3 is 0 Å². The molecule has 2 nitrogen and oxygen atoms in total. The van der Waals surface area contributed by atoms with E-state index in [0.29, 0.717) is 5.75 Å². The van der Waals surface area contributed by atoms with Crippen molar-refractivity contribution >= 4 is 26.7 Å². The third-order valence-corrected chi connectivity index (χ3v) is 3.39. The fourth-order valence-corrected chi connectivity index (χ4v) is 1.94. The van der Waals surface area contributed by atoms with E-state index < -0.39 is 10.8 Å². The normalized spacial score (nSPS) is 12.7. The molecule has 1 rings (SSSR count). The third kappa shape index (κ3) is 4.35. The highest BCUT2D eigenvalue weighted by molar-refractivity contribution is 9.10. The first-order valence-electron chi connectivity index (χ1n) is 4.44. The van der Waals surface area contributed by atoms with E-state index in [-0.39, 0.29) is 0 Å². The van der Waals surface area contributed by atoms with Crippen LogP contribution in [0.4, 0.5) is 0 Å². The molecule has 78 valence electrons. The molecule has 0 heterocycles. The van der Waals surface area contributed by atoms with Crippen LogP contribution in [0.5, 0.6) is 0 Å².